The highest BCUT2D eigenvalue weighted by Gasteiger charge is 2.35. The first-order chi connectivity index (χ1) is 22.8. The van der Waals surface area contributed by atoms with E-state index in [1.807, 2.05) is 30.3 Å². The number of aryl methyl sites for hydroxylation is 1. The number of hydrogen-bond acceptors (Lipinski definition) is 7. The largest absolute Gasteiger partial charge is 0.497 e. The van der Waals surface area contributed by atoms with Gasteiger partial charge in [0.2, 0.25) is 11.8 Å². The number of anilines is 1. The summed E-state index contributed by atoms with van der Waals surface area (Å²) in [5, 5.41) is 15.0. The van der Waals surface area contributed by atoms with Crippen LogP contribution in [-0.2, 0) is 32.6 Å². The van der Waals surface area contributed by atoms with E-state index in [-0.39, 0.29) is 40.7 Å². The molecule has 14 heteroatoms. The molecule has 1 N–H and O–H groups in total. The summed E-state index contributed by atoms with van der Waals surface area (Å²) >= 11 is 12.4. The first-order valence-electron chi connectivity index (χ1n) is 14.8. The molecule has 252 valence electrons. The average molecular weight is 714 g/mol. The molecule has 0 spiro atoms. The first kappa shape index (κ1) is 36.2. The number of halogens is 2. The molecule has 0 heterocycles. The van der Waals surface area contributed by atoms with Crippen molar-refractivity contribution in [3.05, 3.63) is 128 Å². The maximum atomic E-state index is 14.5. The molecule has 0 saturated carbocycles. The van der Waals surface area contributed by atoms with Crippen molar-refractivity contribution in [2.75, 3.05) is 24.5 Å². The van der Waals surface area contributed by atoms with E-state index in [1.54, 1.807) is 25.1 Å². The van der Waals surface area contributed by atoms with E-state index in [0.29, 0.717) is 16.3 Å². The van der Waals surface area contributed by atoms with Crippen molar-refractivity contribution in [1.82, 2.24) is 10.2 Å². The Bertz CT molecular complexity index is 1890. The smallest absolute Gasteiger partial charge is 0.273 e. The zero-order chi connectivity index (χ0) is 35.0. The van der Waals surface area contributed by atoms with Crippen LogP contribution >= 0.6 is 23.2 Å². The minimum Gasteiger partial charge on any atom is -0.497 e. The van der Waals surface area contributed by atoms with Crippen LogP contribution in [0, 0.1) is 17.0 Å². The van der Waals surface area contributed by atoms with Gasteiger partial charge >= 0.3 is 0 Å². The standard InChI is InChI=1S/C34H34Cl2N4O7S/c1-4-37-34(42)32(19-24-8-6-5-7-9-24)38(21-25-11-17-29(35)30(36)18-25)33(41)22-39(26-12-14-27(47-3)15-13-26)48(45,46)28-16-10-23(2)31(20-28)40(43)44/h5-18,20,32H,4,19,21-22H2,1-3H3,(H,37,42)/t32-/m1/s1. The number of nitro benzene ring substituents is 1. The summed E-state index contributed by atoms with van der Waals surface area (Å²) in [6.45, 7) is 2.67. The number of likely N-dealkylation sites (N-methyl/N-ethyl adjacent to an activating group) is 1. The molecular weight excluding hydrogens is 679 g/mol. The van der Waals surface area contributed by atoms with E-state index in [9.17, 15) is 28.1 Å². The van der Waals surface area contributed by atoms with Gasteiger partial charge in [0, 0.05) is 31.1 Å². The van der Waals surface area contributed by atoms with Crippen LogP contribution in [0.4, 0.5) is 11.4 Å². The van der Waals surface area contributed by atoms with Crippen LogP contribution in [0.5, 0.6) is 5.75 Å². The number of ether oxygens (including phenoxy) is 1. The SMILES string of the molecule is CCNC(=O)[C@@H](Cc1ccccc1)N(Cc1ccc(Cl)c(Cl)c1)C(=O)CN(c1ccc(OC)cc1)S(=O)(=O)c1ccc(C)c([N+](=O)[O-])c1. The van der Waals surface area contributed by atoms with Crippen LogP contribution in [0.2, 0.25) is 10.0 Å². The third kappa shape index (κ3) is 8.62. The van der Waals surface area contributed by atoms with Gasteiger partial charge in [0.1, 0.15) is 18.3 Å². The zero-order valence-corrected chi connectivity index (χ0v) is 28.8. The minimum atomic E-state index is -4.57. The fraction of sp³-hybridized carbons (Fsp3) is 0.235. The van der Waals surface area contributed by atoms with Gasteiger partial charge in [-0.3, -0.25) is 24.0 Å². The molecule has 4 aromatic rings. The maximum absolute atomic E-state index is 14.5. The second-order valence-electron chi connectivity index (χ2n) is 10.8. The summed E-state index contributed by atoms with van der Waals surface area (Å²) in [6, 6.07) is 22.4. The topological polar surface area (TPSA) is 139 Å². The molecule has 11 nitrogen and oxygen atoms in total. The summed E-state index contributed by atoms with van der Waals surface area (Å²) in [5.74, 6) is -0.717. The van der Waals surface area contributed by atoms with Gasteiger partial charge < -0.3 is 15.0 Å². The summed E-state index contributed by atoms with van der Waals surface area (Å²) < 4.78 is 34.6. The van der Waals surface area contributed by atoms with Crippen molar-refractivity contribution >= 4 is 56.4 Å². The van der Waals surface area contributed by atoms with Crippen molar-refractivity contribution < 1.29 is 27.7 Å². The Morgan fingerprint density at radius 2 is 1.62 bits per heavy atom. The quantitative estimate of drug-likeness (QED) is 0.122. The van der Waals surface area contributed by atoms with Gasteiger partial charge in [-0.15, -0.1) is 0 Å². The number of carbonyl (C=O) groups excluding carboxylic acids is 2. The Kier molecular flexibility index (Phi) is 12.0. The molecule has 4 aromatic carbocycles. The van der Waals surface area contributed by atoms with Crippen molar-refractivity contribution in [1.29, 1.82) is 0 Å². The van der Waals surface area contributed by atoms with Crippen molar-refractivity contribution in [3.63, 3.8) is 0 Å². The second-order valence-corrected chi connectivity index (χ2v) is 13.5. The number of carbonyl (C=O) groups is 2. The van der Waals surface area contributed by atoms with Crippen molar-refractivity contribution in [2.24, 2.45) is 0 Å². The molecule has 48 heavy (non-hydrogen) atoms. The summed E-state index contributed by atoms with van der Waals surface area (Å²) in [5.41, 5.74) is 1.29. The molecule has 0 bridgehead atoms. The predicted molar refractivity (Wildman–Crippen MR) is 185 cm³/mol. The number of nitrogens with one attached hydrogen (secondary N) is 1. The van der Waals surface area contributed by atoms with Crippen molar-refractivity contribution in [2.45, 2.75) is 37.8 Å². The van der Waals surface area contributed by atoms with Gasteiger partial charge in [-0.25, -0.2) is 8.42 Å². The van der Waals surface area contributed by atoms with Gasteiger partial charge in [-0.05, 0) is 67.4 Å². The fourth-order valence-corrected chi connectivity index (χ4v) is 6.79. The Morgan fingerprint density at radius 3 is 2.23 bits per heavy atom. The van der Waals surface area contributed by atoms with E-state index < -0.39 is 45.0 Å². The van der Waals surface area contributed by atoms with Crippen LogP contribution in [0.15, 0.2) is 95.9 Å². The van der Waals surface area contributed by atoms with Gasteiger partial charge in [0.15, 0.2) is 0 Å². The average Bonchev–Trinajstić information content (AvgIpc) is 3.07. The highest BCUT2D eigenvalue weighted by Crippen LogP contribution is 2.30. The highest BCUT2D eigenvalue weighted by atomic mass is 35.5. The summed E-state index contributed by atoms with van der Waals surface area (Å²) in [7, 11) is -3.12. The lowest BCUT2D eigenvalue weighted by molar-refractivity contribution is -0.385. The molecule has 2 amide bonds. The highest BCUT2D eigenvalue weighted by molar-refractivity contribution is 7.92. The molecule has 0 aromatic heterocycles. The summed E-state index contributed by atoms with van der Waals surface area (Å²) in [6.07, 6.45) is 0.124. The fourth-order valence-electron chi connectivity index (χ4n) is 5.03. The maximum Gasteiger partial charge on any atom is 0.273 e. The lowest BCUT2D eigenvalue weighted by Crippen LogP contribution is -2.53. The molecule has 0 fully saturated rings. The van der Waals surface area contributed by atoms with E-state index >= 15 is 0 Å². The van der Waals surface area contributed by atoms with Gasteiger partial charge in [-0.2, -0.15) is 0 Å². The Morgan fingerprint density at radius 1 is 0.938 bits per heavy atom. The van der Waals surface area contributed by atoms with E-state index in [4.69, 9.17) is 27.9 Å². The number of benzene rings is 4. The number of nitro groups is 1. The lowest BCUT2D eigenvalue weighted by atomic mass is 10.0. The molecule has 0 saturated heterocycles. The normalized spacial score (nSPS) is 11.8. The number of sulfonamides is 1. The second kappa shape index (κ2) is 16.0. The molecule has 0 radical (unpaired) electrons. The Labute approximate surface area is 289 Å². The molecule has 4 rings (SSSR count). The monoisotopic (exact) mass is 712 g/mol. The Balaban J connectivity index is 1.84. The molecular formula is C34H34Cl2N4O7S. The van der Waals surface area contributed by atoms with Crippen LogP contribution in [0.1, 0.15) is 23.6 Å². The molecule has 0 unspecified atom stereocenters. The van der Waals surface area contributed by atoms with Gasteiger partial charge in [0.05, 0.1) is 32.7 Å². The lowest BCUT2D eigenvalue weighted by Gasteiger charge is -2.34. The van der Waals surface area contributed by atoms with Crippen LogP contribution in [0.25, 0.3) is 0 Å². The molecule has 0 aliphatic heterocycles. The van der Waals surface area contributed by atoms with Crippen LogP contribution in [-0.4, -0.2) is 56.3 Å². The van der Waals surface area contributed by atoms with Crippen LogP contribution < -0.4 is 14.4 Å². The third-order valence-corrected chi connectivity index (χ3v) is 10.1. The van der Waals surface area contributed by atoms with E-state index in [2.05, 4.69) is 5.32 Å². The van der Waals surface area contributed by atoms with Crippen LogP contribution in [0.3, 0.4) is 0 Å². The van der Waals surface area contributed by atoms with Crippen molar-refractivity contribution in [3.8, 4) is 5.75 Å². The predicted octanol–water partition coefficient (Wildman–Crippen LogP) is 6.19. The number of methoxy groups -OCH3 is 1. The number of hydrogen-bond donors (Lipinski definition) is 1. The third-order valence-electron chi connectivity index (χ3n) is 7.56. The Hall–Kier alpha value is -4.65. The van der Waals surface area contributed by atoms with Gasteiger partial charge in [-0.1, -0.05) is 65.7 Å². The van der Waals surface area contributed by atoms with Gasteiger partial charge in [0.25, 0.3) is 15.7 Å². The zero-order valence-electron chi connectivity index (χ0n) is 26.4. The molecule has 0 aliphatic carbocycles. The molecule has 0 aliphatic rings. The molecule has 1 atom stereocenters. The summed E-state index contributed by atoms with van der Waals surface area (Å²) in [4.78, 5) is 40.1. The van der Waals surface area contributed by atoms with E-state index in [0.717, 1.165) is 15.9 Å². The number of rotatable bonds is 14. The first-order valence-corrected chi connectivity index (χ1v) is 17.0. The van der Waals surface area contributed by atoms with E-state index in [1.165, 1.54) is 55.3 Å². The number of nitrogens with zero attached hydrogens (tertiary/aromatic N) is 3. The minimum absolute atomic E-state index is 0.0967. The number of amides is 2.